The zero-order valence-corrected chi connectivity index (χ0v) is 13.7. The van der Waals surface area contributed by atoms with Crippen molar-refractivity contribution >= 4 is 11.6 Å². The summed E-state index contributed by atoms with van der Waals surface area (Å²) < 4.78 is 5.55. The molecule has 1 aromatic rings. The van der Waals surface area contributed by atoms with E-state index in [1.54, 1.807) is 12.1 Å². The number of rotatable bonds is 6. The number of ether oxygens (including phenoxy) is 1. The van der Waals surface area contributed by atoms with Gasteiger partial charge in [-0.3, -0.25) is 0 Å². The average molecular weight is 312 g/mol. The van der Waals surface area contributed by atoms with E-state index in [0.717, 1.165) is 0 Å². The van der Waals surface area contributed by atoms with Crippen LogP contribution >= 0.6 is 11.6 Å². The lowest BCUT2D eigenvalue weighted by atomic mass is 9.75. The molecule has 0 bridgehead atoms. The zero-order valence-electron chi connectivity index (χ0n) is 12.9. The number of hydrogen-bond donors (Lipinski definition) is 2. The van der Waals surface area contributed by atoms with Crippen molar-refractivity contribution in [2.24, 2.45) is 5.41 Å². The minimum absolute atomic E-state index is 0.283. The molecule has 1 aliphatic carbocycles. The second-order valence-corrected chi connectivity index (χ2v) is 7.21. The summed E-state index contributed by atoms with van der Waals surface area (Å²) in [5.41, 5.74) is 0.479. The third-order valence-electron chi connectivity index (χ3n) is 4.22. The van der Waals surface area contributed by atoms with Crippen molar-refractivity contribution in [3.8, 4) is 5.75 Å². The fourth-order valence-corrected chi connectivity index (χ4v) is 2.89. The maximum atomic E-state index is 9.99. The van der Waals surface area contributed by atoms with Gasteiger partial charge < -0.3 is 15.2 Å². The molecule has 1 saturated carbocycles. The molecule has 1 unspecified atom stereocenters. The smallest absolute Gasteiger partial charge is 0.120 e. The summed E-state index contributed by atoms with van der Waals surface area (Å²) in [4.78, 5) is 0. The van der Waals surface area contributed by atoms with E-state index in [1.807, 2.05) is 12.1 Å². The van der Waals surface area contributed by atoms with Gasteiger partial charge in [0.25, 0.3) is 0 Å². The molecule has 0 heterocycles. The van der Waals surface area contributed by atoms with Crippen LogP contribution in [0.2, 0.25) is 5.02 Å². The second-order valence-electron chi connectivity index (χ2n) is 6.77. The van der Waals surface area contributed by atoms with Crippen LogP contribution in [0.1, 0.15) is 39.5 Å². The van der Waals surface area contributed by atoms with Gasteiger partial charge in [0, 0.05) is 17.6 Å². The van der Waals surface area contributed by atoms with E-state index in [0.29, 0.717) is 28.8 Å². The van der Waals surface area contributed by atoms with Crippen LogP contribution < -0.4 is 10.1 Å². The van der Waals surface area contributed by atoms with Crippen molar-refractivity contribution in [3.05, 3.63) is 29.3 Å². The second kappa shape index (κ2) is 7.48. The maximum Gasteiger partial charge on any atom is 0.120 e. The summed E-state index contributed by atoms with van der Waals surface area (Å²) in [7, 11) is 0. The van der Waals surface area contributed by atoms with Gasteiger partial charge in [-0.15, -0.1) is 0 Å². The molecule has 4 heteroatoms. The SMILES string of the molecule is CC1(C)CCC(NCC(O)COc2cccc(Cl)c2)CC1. The van der Waals surface area contributed by atoms with E-state index in [4.69, 9.17) is 16.3 Å². The Bertz CT molecular complexity index is 440. The molecule has 0 spiro atoms. The van der Waals surface area contributed by atoms with E-state index >= 15 is 0 Å². The predicted octanol–water partition coefficient (Wildman–Crippen LogP) is 3.64. The van der Waals surface area contributed by atoms with Crippen LogP contribution in [-0.4, -0.2) is 30.4 Å². The van der Waals surface area contributed by atoms with Gasteiger partial charge in [0.2, 0.25) is 0 Å². The van der Waals surface area contributed by atoms with Gasteiger partial charge >= 0.3 is 0 Å². The standard InChI is InChI=1S/C17H26ClNO2/c1-17(2)8-6-14(7-9-17)19-11-15(20)12-21-16-5-3-4-13(18)10-16/h3-5,10,14-15,19-20H,6-9,11-12H2,1-2H3. The molecule has 118 valence electrons. The highest BCUT2D eigenvalue weighted by atomic mass is 35.5. The Morgan fingerprint density at radius 1 is 1.38 bits per heavy atom. The van der Waals surface area contributed by atoms with Crippen LogP contribution in [0.15, 0.2) is 24.3 Å². The summed E-state index contributed by atoms with van der Waals surface area (Å²) in [5, 5.41) is 14.1. The van der Waals surface area contributed by atoms with Gasteiger partial charge in [0.1, 0.15) is 18.5 Å². The Balaban J connectivity index is 1.65. The number of halogens is 1. The number of nitrogens with one attached hydrogen (secondary N) is 1. The summed E-state index contributed by atoms with van der Waals surface area (Å²) in [6.45, 7) is 5.52. The van der Waals surface area contributed by atoms with Crippen LogP contribution in [-0.2, 0) is 0 Å². The van der Waals surface area contributed by atoms with Crippen molar-refractivity contribution in [2.75, 3.05) is 13.2 Å². The quantitative estimate of drug-likeness (QED) is 0.843. The summed E-state index contributed by atoms with van der Waals surface area (Å²) >= 11 is 5.89. The first-order chi connectivity index (χ1) is 9.94. The van der Waals surface area contributed by atoms with Crippen molar-refractivity contribution in [1.29, 1.82) is 0 Å². The fourth-order valence-electron chi connectivity index (χ4n) is 2.71. The molecule has 0 saturated heterocycles. The molecule has 1 aromatic carbocycles. The Hall–Kier alpha value is -0.770. The van der Waals surface area contributed by atoms with Gasteiger partial charge in [-0.1, -0.05) is 31.5 Å². The van der Waals surface area contributed by atoms with Gasteiger partial charge in [0.05, 0.1) is 0 Å². The monoisotopic (exact) mass is 311 g/mol. The Kier molecular flexibility index (Phi) is 5.91. The lowest BCUT2D eigenvalue weighted by Crippen LogP contribution is -2.41. The molecule has 0 aromatic heterocycles. The predicted molar refractivity (Wildman–Crippen MR) is 87.0 cm³/mol. The lowest BCUT2D eigenvalue weighted by Gasteiger charge is -2.35. The highest BCUT2D eigenvalue weighted by Gasteiger charge is 2.26. The fraction of sp³-hybridized carbons (Fsp3) is 0.647. The molecular weight excluding hydrogens is 286 g/mol. The van der Waals surface area contributed by atoms with Crippen LogP contribution in [0.4, 0.5) is 0 Å². The van der Waals surface area contributed by atoms with Crippen LogP contribution in [0.25, 0.3) is 0 Å². The number of aliphatic hydroxyl groups excluding tert-OH is 1. The summed E-state index contributed by atoms with van der Waals surface area (Å²) in [6.07, 6.45) is 4.38. The van der Waals surface area contributed by atoms with Gasteiger partial charge in [-0.05, 0) is 49.3 Å². The molecule has 2 rings (SSSR count). The van der Waals surface area contributed by atoms with Crippen LogP contribution in [0, 0.1) is 5.41 Å². The van der Waals surface area contributed by atoms with Gasteiger partial charge in [0.15, 0.2) is 0 Å². The first kappa shape index (κ1) is 16.6. The summed E-state index contributed by atoms with van der Waals surface area (Å²) in [5.74, 6) is 0.695. The average Bonchev–Trinajstić information content (AvgIpc) is 2.44. The van der Waals surface area contributed by atoms with Gasteiger partial charge in [-0.25, -0.2) is 0 Å². The van der Waals surface area contributed by atoms with Gasteiger partial charge in [-0.2, -0.15) is 0 Å². The number of benzene rings is 1. The van der Waals surface area contributed by atoms with Crippen molar-refractivity contribution < 1.29 is 9.84 Å². The highest BCUT2D eigenvalue weighted by molar-refractivity contribution is 6.30. The molecule has 1 fully saturated rings. The Labute approximate surface area is 132 Å². The maximum absolute atomic E-state index is 9.99. The zero-order chi connectivity index (χ0) is 15.3. The number of hydrogen-bond acceptors (Lipinski definition) is 3. The van der Waals surface area contributed by atoms with Crippen molar-refractivity contribution in [3.63, 3.8) is 0 Å². The highest BCUT2D eigenvalue weighted by Crippen LogP contribution is 2.34. The molecule has 1 atom stereocenters. The first-order valence-corrected chi connectivity index (χ1v) is 8.12. The topological polar surface area (TPSA) is 41.5 Å². The van der Waals surface area contributed by atoms with Crippen LogP contribution in [0.5, 0.6) is 5.75 Å². The van der Waals surface area contributed by atoms with E-state index < -0.39 is 6.10 Å². The van der Waals surface area contributed by atoms with Crippen LogP contribution in [0.3, 0.4) is 0 Å². The first-order valence-electron chi connectivity index (χ1n) is 7.74. The van der Waals surface area contributed by atoms with E-state index in [9.17, 15) is 5.11 Å². The largest absolute Gasteiger partial charge is 0.491 e. The normalized spacial score (nSPS) is 20.2. The Morgan fingerprint density at radius 2 is 2.10 bits per heavy atom. The third kappa shape index (κ3) is 5.85. The molecule has 0 amide bonds. The molecule has 0 aliphatic heterocycles. The van der Waals surface area contributed by atoms with Crippen molar-refractivity contribution in [1.82, 2.24) is 5.32 Å². The molecule has 0 radical (unpaired) electrons. The molecule has 21 heavy (non-hydrogen) atoms. The minimum atomic E-state index is -0.501. The summed E-state index contributed by atoms with van der Waals surface area (Å²) in [6, 6.07) is 7.77. The molecule has 1 aliphatic rings. The lowest BCUT2D eigenvalue weighted by molar-refractivity contribution is 0.0982. The molecular formula is C17H26ClNO2. The Morgan fingerprint density at radius 3 is 2.76 bits per heavy atom. The van der Waals surface area contributed by atoms with Crippen molar-refractivity contribution in [2.45, 2.75) is 51.7 Å². The molecule has 2 N–H and O–H groups in total. The van der Waals surface area contributed by atoms with E-state index in [1.165, 1.54) is 25.7 Å². The molecule has 3 nitrogen and oxygen atoms in total. The van der Waals surface area contributed by atoms with E-state index in [-0.39, 0.29) is 6.61 Å². The number of aliphatic hydroxyl groups is 1. The minimum Gasteiger partial charge on any atom is -0.491 e. The van der Waals surface area contributed by atoms with E-state index in [2.05, 4.69) is 19.2 Å². The third-order valence-corrected chi connectivity index (χ3v) is 4.45.